The summed E-state index contributed by atoms with van der Waals surface area (Å²) in [6.45, 7) is 4.44. The lowest BCUT2D eigenvalue weighted by Crippen LogP contribution is -2.23. The highest BCUT2D eigenvalue weighted by molar-refractivity contribution is 9.10. The molecule has 4 heteroatoms. The van der Waals surface area contributed by atoms with E-state index >= 15 is 0 Å². The zero-order valence-corrected chi connectivity index (χ0v) is 13.7. The van der Waals surface area contributed by atoms with E-state index < -0.39 is 0 Å². The van der Waals surface area contributed by atoms with Crippen LogP contribution in [0.25, 0.3) is 0 Å². The van der Waals surface area contributed by atoms with Crippen molar-refractivity contribution in [1.29, 1.82) is 0 Å². The Morgan fingerprint density at radius 2 is 1.95 bits per heavy atom. The molecule has 0 radical (unpaired) electrons. The summed E-state index contributed by atoms with van der Waals surface area (Å²) in [6.07, 6.45) is 0.134. The number of halogens is 1. The molecule has 21 heavy (non-hydrogen) atoms. The fourth-order valence-electron chi connectivity index (χ4n) is 1.92. The van der Waals surface area contributed by atoms with Gasteiger partial charge in [-0.1, -0.05) is 24.3 Å². The van der Waals surface area contributed by atoms with Crippen LogP contribution in [0.3, 0.4) is 0 Å². The van der Waals surface area contributed by atoms with Gasteiger partial charge >= 0.3 is 0 Å². The van der Waals surface area contributed by atoms with Gasteiger partial charge in [0.2, 0.25) is 0 Å². The SMILES string of the molecule is CC(C)Oc1cccc(CNC(=O)c2ccccc2Br)c1. The summed E-state index contributed by atoms with van der Waals surface area (Å²) in [4.78, 5) is 12.1. The molecule has 0 saturated heterocycles. The first-order valence-electron chi connectivity index (χ1n) is 6.84. The number of nitrogens with one attached hydrogen (secondary N) is 1. The van der Waals surface area contributed by atoms with Crippen molar-refractivity contribution in [2.45, 2.75) is 26.5 Å². The van der Waals surface area contributed by atoms with E-state index in [1.807, 2.05) is 56.3 Å². The van der Waals surface area contributed by atoms with Crippen LogP contribution in [0.1, 0.15) is 29.8 Å². The van der Waals surface area contributed by atoms with Gasteiger partial charge in [0.05, 0.1) is 11.7 Å². The summed E-state index contributed by atoms with van der Waals surface area (Å²) in [6, 6.07) is 15.1. The monoisotopic (exact) mass is 347 g/mol. The van der Waals surface area contributed by atoms with E-state index in [2.05, 4.69) is 21.2 Å². The number of hydrogen-bond donors (Lipinski definition) is 1. The molecule has 2 aromatic carbocycles. The van der Waals surface area contributed by atoms with E-state index in [1.54, 1.807) is 6.07 Å². The molecule has 0 fully saturated rings. The third-order valence-corrected chi connectivity index (χ3v) is 3.53. The van der Waals surface area contributed by atoms with E-state index in [0.29, 0.717) is 12.1 Å². The van der Waals surface area contributed by atoms with Crippen molar-refractivity contribution in [3.05, 3.63) is 64.1 Å². The van der Waals surface area contributed by atoms with Crippen molar-refractivity contribution in [3.63, 3.8) is 0 Å². The van der Waals surface area contributed by atoms with Crippen LogP contribution in [0.15, 0.2) is 53.0 Å². The second-order valence-electron chi connectivity index (χ2n) is 4.98. The normalized spacial score (nSPS) is 10.5. The van der Waals surface area contributed by atoms with Crippen molar-refractivity contribution in [2.24, 2.45) is 0 Å². The van der Waals surface area contributed by atoms with Gasteiger partial charge < -0.3 is 10.1 Å². The topological polar surface area (TPSA) is 38.3 Å². The number of carbonyl (C=O) groups is 1. The molecule has 0 aromatic heterocycles. The third kappa shape index (κ3) is 4.60. The lowest BCUT2D eigenvalue weighted by atomic mass is 10.2. The van der Waals surface area contributed by atoms with Crippen molar-refractivity contribution in [2.75, 3.05) is 0 Å². The first-order chi connectivity index (χ1) is 10.1. The summed E-state index contributed by atoms with van der Waals surface area (Å²) in [5.74, 6) is 0.718. The molecule has 0 aliphatic rings. The second kappa shape index (κ2) is 7.27. The van der Waals surface area contributed by atoms with Crippen molar-refractivity contribution >= 4 is 21.8 Å². The molecule has 0 spiro atoms. The highest BCUT2D eigenvalue weighted by atomic mass is 79.9. The molecule has 2 rings (SSSR count). The summed E-state index contributed by atoms with van der Waals surface area (Å²) >= 11 is 3.38. The van der Waals surface area contributed by atoms with E-state index in [0.717, 1.165) is 15.8 Å². The van der Waals surface area contributed by atoms with Gasteiger partial charge in [0, 0.05) is 11.0 Å². The molecule has 0 bridgehead atoms. The first kappa shape index (κ1) is 15.6. The average Bonchev–Trinajstić information content (AvgIpc) is 2.45. The summed E-state index contributed by atoms with van der Waals surface area (Å²) < 4.78 is 6.44. The number of benzene rings is 2. The fraction of sp³-hybridized carbons (Fsp3) is 0.235. The van der Waals surface area contributed by atoms with Gasteiger partial charge in [-0.05, 0) is 59.6 Å². The second-order valence-corrected chi connectivity index (χ2v) is 5.83. The molecular weight excluding hydrogens is 330 g/mol. The lowest BCUT2D eigenvalue weighted by molar-refractivity contribution is 0.0950. The van der Waals surface area contributed by atoms with Crippen LogP contribution < -0.4 is 10.1 Å². The van der Waals surface area contributed by atoms with Gasteiger partial charge in [-0.25, -0.2) is 0 Å². The number of carbonyl (C=O) groups excluding carboxylic acids is 1. The van der Waals surface area contributed by atoms with Crippen LogP contribution in [-0.2, 0) is 6.54 Å². The lowest BCUT2D eigenvalue weighted by Gasteiger charge is -2.11. The molecular formula is C17H18BrNO2. The highest BCUT2D eigenvalue weighted by Gasteiger charge is 2.08. The Kier molecular flexibility index (Phi) is 5.39. The van der Waals surface area contributed by atoms with E-state index in [9.17, 15) is 4.79 Å². The average molecular weight is 348 g/mol. The van der Waals surface area contributed by atoms with Crippen molar-refractivity contribution in [3.8, 4) is 5.75 Å². The molecule has 0 heterocycles. The molecule has 1 N–H and O–H groups in total. The van der Waals surface area contributed by atoms with Crippen LogP contribution in [0.2, 0.25) is 0 Å². The maximum absolute atomic E-state index is 12.1. The van der Waals surface area contributed by atoms with Crippen LogP contribution in [0.5, 0.6) is 5.75 Å². The van der Waals surface area contributed by atoms with Gasteiger partial charge in [0.25, 0.3) is 5.91 Å². The van der Waals surface area contributed by atoms with Crippen LogP contribution in [0.4, 0.5) is 0 Å². The van der Waals surface area contributed by atoms with Gasteiger partial charge in [0.15, 0.2) is 0 Å². The first-order valence-corrected chi connectivity index (χ1v) is 7.64. The summed E-state index contributed by atoms with van der Waals surface area (Å²) in [5.41, 5.74) is 1.64. The number of hydrogen-bond acceptors (Lipinski definition) is 2. The summed E-state index contributed by atoms with van der Waals surface area (Å²) in [7, 11) is 0. The quantitative estimate of drug-likeness (QED) is 0.881. The largest absolute Gasteiger partial charge is 0.491 e. The van der Waals surface area contributed by atoms with Crippen molar-refractivity contribution < 1.29 is 9.53 Å². The molecule has 2 aromatic rings. The predicted octanol–water partition coefficient (Wildman–Crippen LogP) is 4.17. The Labute approximate surface area is 133 Å². The zero-order valence-electron chi connectivity index (χ0n) is 12.1. The molecule has 0 saturated carbocycles. The standard InChI is InChI=1S/C17H18BrNO2/c1-12(2)21-14-7-5-6-13(10-14)11-19-17(20)15-8-3-4-9-16(15)18/h3-10,12H,11H2,1-2H3,(H,19,20). The minimum absolute atomic E-state index is 0.0994. The minimum atomic E-state index is -0.0994. The van der Waals surface area contributed by atoms with Gasteiger partial charge in [-0.3, -0.25) is 4.79 Å². The molecule has 0 aliphatic heterocycles. The minimum Gasteiger partial charge on any atom is -0.491 e. The number of ether oxygens (including phenoxy) is 1. The Morgan fingerprint density at radius 3 is 2.67 bits per heavy atom. The maximum Gasteiger partial charge on any atom is 0.252 e. The zero-order chi connectivity index (χ0) is 15.2. The number of rotatable bonds is 5. The van der Waals surface area contributed by atoms with E-state index in [1.165, 1.54) is 0 Å². The van der Waals surface area contributed by atoms with E-state index in [4.69, 9.17) is 4.74 Å². The molecule has 0 aliphatic carbocycles. The van der Waals surface area contributed by atoms with Gasteiger partial charge in [-0.15, -0.1) is 0 Å². The van der Waals surface area contributed by atoms with Crippen molar-refractivity contribution in [1.82, 2.24) is 5.32 Å². The maximum atomic E-state index is 12.1. The molecule has 3 nitrogen and oxygen atoms in total. The molecule has 0 atom stereocenters. The Morgan fingerprint density at radius 1 is 1.19 bits per heavy atom. The number of amides is 1. The van der Waals surface area contributed by atoms with Gasteiger partial charge in [-0.2, -0.15) is 0 Å². The Bertz CT molecular complexity index is 626. The van der Waals surface area contributed by atoms with E-state index in [-0.39, 0.29) is 12.0 Å². The van der Waals surface area contributed by atoms with Crippen LogP contribution in [-0.4, -0.2) is 12.0 Å². The highest BCUT2D eigenvalue weighted by Crippen LogP contribution is 2.17. The Hall–Kier alpha value is -1.81. The van der Waals surface area contributed by atoms with Crippen LogP contribution in [0, 0.1) is 0 Å². The van der Waals surface area contributed by atoms with Crippen LogP contribution >= 0.6 is 15.9 Å². The summed E-state index contributed by atoms with van der Waals surface area (Å²) in [5, 5.41) is 2.91. The molecule has 1 amide bonds. The third-order valence-electron chi connectivity index (χ3n) is 2.84. The van der Waals surface area contributed by atoms with Gasteiger partial charge in [0.1, 0.15) is 5.75 Å². The smallest absolute Gasteiger partial charge is 0.252 e. The fourth-order valence-corrected chi connectivity index (χ4v) is 2.39. The Balaban J connectivity index is 2.00. The molecule has 0 unspecified atom stereocenters. The predicted molar refractivity (Wildman–Crippen MR) is 87.5 cm³/mol. The molecule has 110 valence electrons.